The summed E-state index contributed by atoms with van der Waals surface area (Å²) in [6.07, 6.45) is 2.25. The van der Waals surface area contributed by atoms with E-state index in [-0.39, 0.29) is 0 Å². The van der Waals surface area contributed by atoms with Crippen molar-refractivity contribution in [3.05, 3.63) is 0 Å². The van der Waals surface area contributed by atoms with E-state index < -0.39 is 11.2 Å². The summed E-state index contributed by atoms with van der Waals surface area (Å²) in [6, 6.07) is 0. The Labute approximate surface area is 51.6 Å². The van der Waals surface area contributed by atoms with Crippen LogP contribution >= 0.6 is 0 Å². The van der Waals surface area contributed by atoms with Gasteiger partial charge in [0.1, 0.15) is 0 Å². The number of rotatable bonds is 0. The first kappa shape index (κ1) is 6.19. The van der Waals surface area contributed by atoms with Gasteiger partial charge in [-0.25, -0.2) is 13.7 Å². The summed E-state index contributed by atoms with van der Waals surface area (Å²) in [6.45, 7) is 1.75. The highest BCUT2D eigenvalue weighted by Crippen LogP contribution is 1.88. The first-order valence-corrected chi connectivity index (χ1v) is 3.93. The van der Waals surface area contributed by atoms with Gasteiger partial charge in [-0.15, -0.1) is 0 Å². The minimum atomic E-state index is -0.958. The third kappa shape index (κ3) is 1.90. The second-order valence-electron chi connectivity index (χ2n) is 1.76. The highest BCUT2D eigenvalue weighted by Gasteiger charge is 2.00. The van der Waals surface area contributed by atoms with Gasteiger partial charge in [0.15, 0.2) is 11.2 Å². The molecule has 1 aliphatic heterocycles. The molecule has 0 aromatic heterocycles. The van der Waals surface area contributed by atoms with Crippen molar-refractivity contribution < 1.29 is 4.21 Å². The zero-order valence-corrected chi connectivity index (χ0v) is 5.46. The Bertz CT molecular complexity index is 86.0. The van der Waals surface area contributed by atoms with E-state index in [0.29, 0.717) is 0 Å². The largest absolute Gasteiger partial charge is 0.225 e. The molecule has 0 aliphatic carbocycles. The maximum Gasteiger partial charge on any atom is 0.167 e. The molecule has 0 spiro atoms. The van der Waals surface area contributed by atoms with E-state index in [2.05, 4.69) is 9.44 Å². The van der Waals surface area contributed by atoms with Crippen molar-refractivity contribution in [2.45, 2.75) is 12.8 Å². The molecule has 0 unspecified atom stereocenters. The lowest BCUT2D eigenvalue weighted by Gasteiger charge is -1.94. The molecule has 1 aliphatic rings. The fraction of sp³-hybridized carbons (Fsp3) is 1.00. The molecule has 0 aromatic rings. The van der Waals surface area contributed by atoms with Gasteiger partial charge in [-0.05, 0) is 12.8 Å². The molecule has 1 fully saturated rings. The van der Waals surface area contributed by atoms with Crippen LogP contribution in [0.1, 0.15) is 12.8 Å². The molecule has 1 heterocycles. The highest BCUT2D eigenvalue weighted by atomic mass is 32.2. The van der Waals surface area contributed by atoms with Crippen molar-refractivity contribution >= 4 is 11.2 Å². The van der Waals surface area contributed by atoms with Gasteiger partial charge < -0.3 is 0 Å². The first-order chi connectivity index (χ1) is 3.89. The van der Waals surface area contributed by atoms with Crippen LogP contribution in [0, 0.1) is 0 Å². The summed E-state index contributed by atoms with van der Waals surface area (Å²) < 4.78 is 16.2. The van der Waals surface area contributed by atoms with Crippen LogP contribution in [0.2, 0.25) is 0 Å². The lowest BCUT2D eigenvalue weighted by Crippen LogP contribution is -2.27. The Morgan fingerprint density at radius 1 is 1.12 bits per heavy atom. The van der Waals surface area contributed by atoms with Gasteiger partial charge in [-0.1, -0.05) is 0 Å². The molecule has 1 rings (SSSR count). The predicted molar refractivity (Wildman–Crippen MR) is 33.4 cm³/mol. The molecular formula is C4H10N2OS. The molecule has 0 bridgehead atoms. The lowest BCUT2D eigenvalue weighted by molar-refractivity contribution is 0.668. The third-order valence-corrected chi connectivity index (χ3v) is 2.00. The van der Waals surface area contributed by atoms with Crippen LogP contribution in [-0.2, 0) is 11.2 Å². The minimum absolute atomic E-state index is 0.875. The molecule has 0 radical (unpaired) electrons. The summed E-state index contributed by atoms with van der Waals surface area (Å²) in [4.78, 5) is 0. The maximum atomic E-state index is 10.6. The van der Waals surface area contributed by atoms with Gasteiger partial charge in [-0.3, -0.25) is 0 Å². The van der Waals surface area contributed by atoms with Gasteiger partial charge in [0, 0.05) is 13.1 Å². The molecule has 3 nitrogen and oxygen atoms in total. The zero-order valence-electron chi connectivity index (χ0n) is 4.64. The summed E-state index contributed by atoms with van der Waals surface area (Å²) in [5.74, 6) is 0. The normalized spacial score (nSPS) is 25.0. The Morgan fingerprint density at radius 2 is 1.62 bits per heavy atom. The van der Waals surface area contributed by atoms with Gasteiger partial charge in [0.25, 0.3) is 0 Å². The lowest BCUT2D eigenvalue weighted by atomic mass is 10.3. The van der Waals surface area contributed by atoms with E-state index in [0.717, 1.165) is 25.9 Å². The quantitative estimate of drug-likeness (QED) is 0.462. The minimum Gasteiger partial charge on any atom is -0.225 e. The SMILES string of the molecule is O=S1NCCCCN1. The van der Waals surface area contributed by atoms with Crippen LogP contribution in [0.5, 0.6) is 0 Å². The molecule has 2 N–H and O–H groups in total. The summed E-state index contributed by atoms with van der Waals surface area (Å²) in [7, 11) is 0. The Balaban J connectivity index is 2.27. The Hall–Kier alpha value is 0.0700. The summed E-state index contributed by atoms with van der Waals surface area (Å²) in [5.41, 5.74) is 0. The standard InChI is InChI=1S/C4H10N2OS/c7-8-5-3-1-2-4-6-8/h5-6H,1-4H2. The van der Waals surface area contributed by atoms with Crippen molar-refractivity contribution in [3.8, 4) is 0 Å². The van der Waals surface area contributed by atoms with Gasteiger partial charge in [-0.2, -0.15) is 0 Å². The van der Waals surface area contributed by atoms with Crippen LogP contribution in [0.3, 0.4) is 0 Å². The molecule has 0 amide bonds. The van der Waals surface area contributed by atoms with E-state index in [1.807, 2.05) is 0 Å². The van der Waals surface area contributed by atoms with Crippen molar-refractivity contribution in [1.29, 1.82) is 0 Å². The second kappa shape index (κ2) is 3.17. The monoisotopic (exact) mass is 134 g/mol. The third-order valence-electron chi connectivity index (χ3n) is 1.07. The molecule has 8 heavy (non-hydrogen) atoms. The van der Waals surface area contributed by atoms with Gasteiger partial charge in [0.05, 0.1) is 0 Å². The molecule has 4 heteroatoms. The van der Waals surface area contributed by atoms with E-state index in [9.17, 15) is 4.21 Å². The molecule has 0 atom stereocenters. The zero-order chi connectivity index (χ0) is 5.82. The Kier molecular flexibility index (Phi) is 2.45. The van der Waals surface area contributed by atoms with Gasteiger partial charge in [0.2, 0.25) is 0 Å². The Morgan fingerprint density at radius 3 is 2.12 bits per heavy atom. The van der Waals surface area contributed by atoms with Crippen molar-refractivity contribution in [2.24, 2.45) is 0 Å². The smallest absolute Gasteiger partial charge is 0.167 e. The first-order valence-electron chi connectivity index (χ1n) is 2.78. The van der Waals surface area contributed by atoms with E-state index >= 15 is 0 Å². The van der Waals surface area contributed by atoms with Crippen LogP contribution < -0.4 is 9.44 Å². The molecule has 0 saturated carbocycles. The fourth-order valence-electron chi connectivity index (χ4n) is 0.631. The number of nitrogens with one attached hydrogen (secondary N) is 2. The maximum absolute atomic E-state index is 10.6. The molecule has 48 valence electrons. The average Bonchev–Trinajstić information content (AvgIpc) is 1.94. The average molecular weight is 134 g/mol. The van der Waals surface area contributed by atoms with Crippen molar-refractivity contribution in [1.82, 2.24) is 9.44 Å². The molecule has 1 saturated heterocycles. The van der Waals surface area contributed by atoms with Crippen molar-refractivity contribution in [3.63, 3.8) is 0 Å². The van der Waals surface area contributed by atoms with Crippen LogP contribution in [0.25, 0.3) is 0 Å². The predicted octanol–water partition coefficient (Wildman–Crippen LogP) is -0.462. The van der Waals surface area contributed by atoms with Crippen LogP contribution in [-0.4, -0.2) is 17.3 Å². The summed E-state index contributed by atoms with van der Waals surface area (Å²) in [5, 5.41) is 0. The fourth-order valence-corrected chi connectivity index (χ4v) is 1.39. The van der Waals surface area contributed by atoms with Crippen LogP contribution in [0.15, 0.2) is 0 Å². The second-order valence-corrected chi connectivity index (χ2v) is 2.88. The topological polar surface area (TPSA) is 41.1 Å². The summed E-state index contributed by atoms with van der Waals surface area (Å²) >= 11 is -0.958. The van der Waals surface area contributed by atoms with Crippen molar-refractivity contribution in [2.75, 3.05) is 13.1 Å². The van der Waals surface area contributed by atoms with Gasteiger partial charge >= 0.3 is 0 Å². The van der Waals surface area contributed by atoms with E-state index in [1.165, 1.54) is 0 Å². The molecule has 0 aromatic carbocycles. The number of hydrogen-bond donors (Lipinski definition) is 2. The van der Waals surface area contributed by atoms with Crippen LogP contribution in [0.4, 0.5) is 0 Å². The van der Waals surface area contributed by atoms with E-state index in [4.69, 9.17) is 0 Å². The highest BCUT2D eigenvalue weighted by molar-refractivity contribution is 7.81. The molecular weight excluding hydrogens is 124 g/mol. The number of hydrogen-bond acceptors (Lipinski definition) is 1. The van der Waals surface area contributed by atoms with E-state index in [1.54, 1.807) is 0 Å².